The fourth-order valence-corrected chi connectivity index (χ4v) is 2.42. The molecule has 1 amide bonds. The van der Waals surface area contributed by atoms with E-state index in [2.05, 4.69) is 15.3 Å². The first-order valence-corrected chi connectivity index (χ1v) is 6.97. The van der Waals surface area contributed by atoms with Gasteiger partial charge in [-0.2, -0.15) is 0 Å². The largest absolute Gasteiger partial charge is 0.481 e. The van der Waals surface area contributed by atoms with E-state index in [0.29, 0.717) is 17.8 Å². The van der Waals surface area contributed by atoms with Gasteiger partial charge in [0.1, 0.15) is 12.0 Å². The van der Waals surface area contributed by atoms with Crippen LogP contribution in [0.2, 0.25) is 0 Å². The second kappa shape index (κ2) is 5.55. The lowest BCUT2D eigenvalue weighted by molar-refractivity contribution is -0.138. The number of carboxylic acids is 1. The molecule has 1 aliphatic carbocycles. The predicted octanol–water partition coefficient (Wildman–Crippen LogP) is 2.23. The summed E-state index contributed by atoms with van der Waals surface area (Å²) in [5.41, 5.74) is 2.68. The maximum absolute atomic E-state index is 12.1. The number of carbonyl (C=O) groups is 2. The molecular formula is C16H15N3O3. The smallest absolute Gasteiger partial charge is 0.307 e. The summed E-state index contributed by atoms with van der Waals surface area (Å²) >= 11 is 0. The van der Waals surface area contributed by atoms with Crippen molar-refractivity contribution in [1.82, 2.24) is 9.97 Å². The van der Waals surface area contributed by atoms with Crippen molar-refractivity contribution in [3.8, 4) is 0 Å². The number of carboxylic acid groups (broad SMARTS) is 1. The average Bonchev–Trinajstić information content (AvgIpc) is 3.29. The molecule has 6 heteroatoms. The van der Waals surface area contributed by atoms with Crippen molar-refractivity contribution in [2.45, 2.75) is 19.3 Å². The number of aryl methyl sites for hydroxylation is 1. The van der Waals surface area contributed by atoms with Gasteiger partial charge in [-0.1, -0.05) is 12.1 Å². The predicted molar refractivity (Wildman–Crippen MR) is 79.6 cm³/mol. The van der Waals surface area contributed by atoms with Gasteiger partial charge in [-0.25, -0.2) is 9.97 Å². The second-order valence-electron chi connectivity index (χ2n) is 5.41. The maximum atomic E-state index is 12.1. The van der Waals surface area contributed by atoms with E-state index in [-0.39, 0.29) is 17.7 Å². The van der Waals surface area contributed by atoms with E-state index in [1.807, 2.05) is 12.1 Å². The molecule has 2 aromatic rings. The number of rotatable bonds is 4. The van der Waals surface area contributed by atoms with Crippen molar-refractivity contribution in [2.24, 2.45) is 5.92 Å². The molecule has 22 heavy (non-hydrogen) atoms. The molecule has 2 N–H and O–H groups in total. The summed E-state index contributed by atoms with van der Waals surface area (Å²) in [6.45, 7) is 1.79. The highest BCUT2D eigenvalue weighted by Crippen LogP contribution is 2.47. The number of aromatic nitrogens is 2. The van der Waals surface area contributed by atoms with E-state index in [1.165, 1.54) is 6.33 Å². The Kier molecular flexibility index (Phi) is 3.58. The van der Waals surface area contributed by atoms with Crippen molar-refractivity contribution in [3.63, 3.8) is 0 Å². The summed E-state index contributed by atoms with van der Waals surface area (Å²) in [6, 6.07) is 8.88. The van der Waals surface area contributed by atoms with Crippen LogP contribution in [0.4, 0.5) is 5.69 Å². The van der Waals surface area contributed by atoms with Crippen LogP contribution < -0.4 is 5.32 Å². The van der Waals surface area contributed by atoms with Crippen LogP contribution in [0.25, 0.3) is 0 Å². The lowest BCUT2D eigenvalue weighted by Gasteiger charge is -2.06. The van der Waals surface area contributed by atoms with Crippen LogP contribution in [0.1, 0.15) is 34.1 Å². The van der Waals surface area contributed by atoms with Gasteiger partial charge in [-0.3, -0.25) is 9.59 Å². The average molecular weight is 297 g/mol. The normalized spacial score (nSPS) is 19.5. The van der Waals surface area contributed by atoms with Crippen molar-refractivity contribution >= 4 is 17.6 Å². The Hall–Kier alpha value is -2.76. The van der Waals surface area contributed by atoms with Gasteiger partial charge in [-0.15, -0.1) is 0 Å². The number of carbonyl (C=O) groups excluding carboxylic acids is 1. The number of hydrogen-bond acceptors (Lipinski definition) is 4. The van der Waals surface area contributed by atoms with Gasteiger partial charge in [0.2, 0.25) is 0 Å². The molecule has 3 rings (SSSR count). The Morgan fingerprint density at radius 1 is 1.23 bits per heavy atom. The third-order valence-electron chi connectivity index (χ3n) is 3.74. The summed E-state index contributed by atoms with van der Waals surface area (Å²) in [5.74, 6) is -1.23. The molecule has 0 bridgehead atoms. The zero-order chi connectivity index (χ0) is 15.7. The molecule has 1 aromatic carbocycles. The SMILES string of the molecule is Cc1cc(C(=O)Nc2ccc([C@@H]3C[C@H]3C(=O)O)cc2)ncn1. The van der Waals surface area contributed by atoms with Crippen molar-refractivity contribution < 1.29 is 14.7 Å². The minimum absolute atomic E-state index is 0.0896. The molecule has 1 heterocycles. The van der Waals surface area contributed by atoms with Crippen LogP contribution in [0.3, 0.4) is 0 Å². The van der Waals surface area contributed by atoms with Gasteiger partial charge in [0.25, 0.3) is 5.91 Å². The number of aliphatic carboxylic acids is 1. The minimum atomic E-state index is -0.749. The first kappa shape index (κ1) is 14.2. The lowest BCUT2D eigenvalue weighted by Crippen LogP contribution is -2.14. The highest BCUT2D eigenvalue weighted by Gasteiger charge is 2.43. The Bertz CT molecular complexity index is 728. The Balaban J connectivity index is 1.66. The minimum Gasteiger partial charge on any atom is -0.481 e. The second-order valence-corrected chi connectivity index (χ2v) is 5.41. The van der Waals surface area contributed by atoms with Crippen LogP contribution >= 0.6 is 0 Å². The van der Waals surface area contributed by atoms with Gasteiger partial charge >= 0.3 is 5.97 Å². The van der Waals surface area contributed by atoms with E-state index in [9.17, 15) is 9.59 Å². The van der Waals surface area contributed by atoms with Gasteiger partial charge in [-0.05, 0) is 43.0 Å². The molecule has 0 aliphatic heterocycles. The van der Waals surface area contributed by atoms with Gasteiger partial charge in [0.05, 0.1) is 5.92 Å². The van der Waals surface area contributed by atoms with Crippen LogP contribution in [-0.2, 0) is 4.79 Å². The topological polar surface area (TPSA) is 92.2 Å². The summed E-state index contributed by atoms with van der Waals surface area (Å²) in [7, 11) is 0. The van der Waals surface area contributed by atoms with Gasteiger partial charge < -0.3 is 10.4 Å². The van der Waals surface area contributed by atoms with Crippen LogP contribution in [0.15, 0.2) is 36.7 Å². The molecule has 0 radical (unpaired) electrons. The first-order valence-electron chi connectivity index (χ1n) is 6.97. The molecular weight excluding hydrogens is 282 g/mol. The molecule has 0 spiro atoms. The molecule has 1 aliphatic rings. The highest BCUT2D eigenvalue weighted by molar-refractivity contribution is 6.02. The third-order valence-corrected chi connectivity index (χ3v) is 3.74. The van der Waals surface area contributed by atoms with E-state index in [4.69, 9.17) is 5.11 Å². The van der Waals surface area contributed by atoms with Crippen LogP contribution in [0, 0.1) is 12.8 Å². The van der Waals surface area contributed by atoms with Crippen molar-refractivity contribution in [2.75, 3.05) is 5.32 Å². The number of amides is 1. The number of nitrogens with one attached hydrogen (secondary N) is 1. The van der Waals surface area contributed by atoms with Gasteiger partial charge in [0, 0.05) is 11.4 Å². The van der Waals surface area contributed by atoms with E-state index in [1.54, 1.807) is 25.1 Å². The number of hydrogen-bond donors (Lipinski definition) is 2. The molecule has 2 atom stereocenters. The zero-order valence-electron chi connectivity index (χ0n) is 12.0. The molecule has 1 aromatic heterocycles. The Morgan fingerprint density at radius 2 is 1.95 bits per heavy atom. The van der Waals surface area contributed by atoms with Crippen molar-refractivity contribution in [3.05, 3.63) is 53.6 Å². The highest BCUT2D eigenvalue weighted by atomic mass is 16.4. The van der Waals surface area contributed by atoms with Crippen LogP contribution in [-0.4, -0.2) is 27.0 Å². The standard InChI is InChI=1S/C16H15N3O3/c1-9-6-14(18-8-17-9)15(20)19-11-4-2-10(3-5-11)12-7-13(12)16(21)22/h2-6,8,12-13H,7H2,1H3,(H,19,20)(H,21,22)/t12-,13+/m0/s1. The number of anilines is 1. The molecule has 6 nitrogen and oxygen atoms in total. The number of nitrogens with zero attached hydrogens (tertiary/aromatic N) is 2. The Labute approximate surface area is 127 Å². The maximum Gasteiger partial charge on any atom is 0.307 e. The van der Waals surface area contributed by atoms with E-state index in [0.717, 1.165) is 11.3 Å². The molecule has 1 fully saturated rings. The number of benzene rings is 1. The zero-order valence-corrected chi connectivity index (χ0v) is 12.0. The monoisotopic (exact) mass is 297 g/mol. The van der Waals surface area contributed by atoms with E-state index >= 15 is 0 Å². The molecule has 0 unspecified atom stereocenters. The summed E-state index contributed by atoms with van der Waals surface area (Å²) < 4.78 is 0. The summed E-state index contributed by atoms with van der Waals surface area (Å²) in [5, 5.41) is 11.7. The third kappa shape index (κ3) is 2.95. The Morgan fingerprint density at radius 3 is 2.55 bits per heavy atom. The lowest BCUT2D eigenvalue weighted by atomic mass is 10.1. The first-order chi connectivity index (χ1) is 10.5. The van der Waals surface area contributed by atoms with Crippen LogP contribution in [0.5, 0.6) is 0 Å². The fraction of sp³-hybridized carbons (Fsp3) is 0.250. The molecule has 112 valence electrons. The quantitative estimate of drug-likeness (QED) is 0.902. The summed E-state index contributed by atoms with van der Waals surface area (Å²) in [6.07, 6.45) is 2.04. The summed E-state index contributed by atoms with van der Waals surface area (Å²) in [4.78, 5) is 30.8. The van der Waals surface area contributed by atoms with Crippen molar-refractivity contribution in [1.29, 1.82) is 0 Å². The fourth-order valence-electron chi connectivity index (χ4n) is 2.42. The van der Waals surface area contributed by atoms with Gasteiger partial charge in [0.15, 0.2) is 0 Å². The molecule has 1 saturated carbocycles. The molecule has 0 saturated heterocycles. The van der Waals surface area contributed by atoms with E-state index < -0.39 is 5.97 Å².